The van der Waals surface area contributed by atoms with Gasteiger partial charge in [0.2, 0.25) is 0 Å². The van der Waals surface area contributed by atoms with Gasteiger partial charge in [-0.2, -0.15) is 0 Å². The molecule has 1 amide bonds. The van der Waals surface area contributed by atoms with Crippen molar-refractivity contribution < 1.29 is 9.18 Å². The van der Waals surface area contributed by atoms with Gasteiger partial charge in [-0.3, -0.25) is 4.79 Å². The van der Waals surface area contributed by atoms with Crippen LogP contribution in [-0.2, 0) is 6.42 Å². The summed E-state index contributed by atoms with van der Waals surface area (Å²) in [4.78, 5) is 21.5. The van der Waals surface area contributed by atoms with E-state index in [0.29, 0.717) is 11.5 Å². The fourth-order valence-corrected chi connectivity index (χ4v) is 4.55. The van der Waals surface area contributed by atoms with E-state index >= 15 is 0 Å². The van der Waals surface area contributed by atoms with Gasteiger partial charge in [-0.1, -0.05) is 12.1 Å². The first kappa shape index (κ1) is 19.9. The number of halogens is 1. The lowest BCUT2D eigenvalue weighted by molar-refractivity contribution is 0.0724. The van der Waals surface area contributed by atoms with Gasteiger partial charge in [-0.05, 0) is 80.7 Å². The molecule has 1 atom stereocenters. The molecule has 0 saturated carbocycles. The molecule has 0 bridgehead atoms. The van der Waals surface area contributed by atoms with Gasteiger partial charge in [0.15, 0.2) is 0 Å². The molecule has 29 heavy (non-hydrogen) atoms. The molecular formula is C24H30FN3O. The standard InChI is InChI=1S/C24H30FN3O/c25-22-8-4-6-19(16-22)9-10-20-7-5-15-28(18-20)23-12-11-21(17-26-23)24(29)27-13-2-1-3-14-27/h4,6,8,11-12,16-17,20H,1-3,5,7,9-10,13-15,18H2/t20-/m1/s1. The summed E-state index contributed by atoms with van der Waals surface area (Å²) in [6.45, 7) is 3.70. The zero-order chi connectivity index (χ0) is 20.1. The maximum absolute atomic E-state index is 13.4. The van der Waals surface area contributed by atoms with Crippen molar-refractivity contribution in [1.82, 2.24) is 9.88 Å². The highest BCUT2D eigenvalue weighted by molar-refractivity contribution is 5.94. The van der Waals surface area contributed by atoms with Crippen molar-refractivity contribution in [3.8, 4) is 0 Å². The van der Waals surface area contributed by atoms with E-state index in [1.165, 1.54) is 18.9 Å². The Hall–Kier alpha value is -2.43. The smallest absolute Gasteiger partial charge is 0.255 e. The SMILES string of the molecule is O=C(c1ccc(N2CCC[C@H](CCc3cccc(F)c3)C2)nc1)N1CCCCC1. The minimum Gasteiger partial charge on any atom is -0.356 e. The Bertz CT molecular complexity index is 817. The lowest BCUT2D eigenvalue weighted by atomic mass is 9.91. The normalized spacial score (nSPS) is 20.0. The number of carbonyl (C=O) groups excluding carboxylic acids is 1. The van der Waals surface area contributed by atoms with Crippen LogP contribution in [0.5, 0.6) is 0 Å². The molecule has 2 saturated heterocycles. The third-order valence-electron chi connectivity index (χ3n) is 6.21. The third kappa shape index (κ3) is 5.14. The second-order valence-corrected chi connectivity index (χ2v) is 8.38. The predicted octanol–water partition coefficient (Wildman–Crippen LogP) is 4.70. The van der Waals surface area contributed by atoms with Gasteiger partial charge in [-0.25, -0.2) is 9.37 Å². The summed E-state index contributed by atoms with van der Waals surface area (Å²) >= 11 is 0. The molecule has 0 unspecified atom stereocenters. The number of anilines is 1. The summed E-state index contributed by atoms with van der Waals surface area (Å²) in [5.74, 6) is 1.49. The van der Waals surface area contributed by atoms with Crippen LogP contribution in [0.1, 0.15) is 54.4 Å². The van der Waals surface area contributed by atoms with Crippen LogP contribution in [-0.4, -0.2) is 42.0 Å². The van der Waals surface area contributed by atoms with Crippen molar-refractivity contribution >= 4 is 11.7 Å². The highest BCUT2D eigenvalue weighted by Crippen LogP contribution is 2.25. The van der Waals surface area contributed by atoms with E-state index in [0.717, 1.165) is 69.7 Å². The van der Waals surface area contributed by atoms with E-state index in [1.54, 1.807) is 18.3 Å². The zero-order valence-corrected chi connectivity index (χ0v) is 17.0. The lowest BCUT2D eigenvalue weighted by Crippen LogP contribution is -2.37. The number of nitrogens with zero attached hydrogens (tertiary/aromatic N) is 3. The van der Waals surface area contributed by atoms with Crippen LogP contribution in [0.2, 0.25) is 0 Å². The van der Waals surface area contributed by atoms with Crippen LogP contribution in [0.4, 0.5) is 10.2 Å². The van der Waals surface area contributed by atoms with Crippen LogP contribution < -0.4 is 4.90 Å². The molecule has 0 spiro atoms. The second kappa shape index (κ2) is 9.38. The quantitative estimate of drug-likeness (QED) is 0.737. The van der Waals surface area contributed by atoms with Gasteiger partial charge in [0.25, 0.3) is 5.91 Å². The minimum atomic E-state index is -0.156. The van der Waals surface area contributed by atoms with Crippen molar-refractivity contribution in [2.45, 2.75) is 44.9 Å². The van der Waals surface area contributed by atoms with Crippen LogP contribution >= 0.6 is 0 Å². The molecule has 0 aliphatic carbocycles. The second-order valence-electron chi connectivity index (χ2n) is 8.38. The van der Waals surface area contributed by atoms with Gasteiger partial charge in [0.1, 0.15) is 11.6 Å². The van der Waals surface area contributed by atoms with E-state index in [1.807, 2.05) is 23.1 Å². The van der Waals surface area contributed by atoms with Gasteiger partial charge in [-0.15, -0.1) is 0 Å². The molecule has 0 N–H and O–H groups in total. The summed E-state index contributed by atoms with van der Waals surface area (Å²) in [5, 5.41) is 0. The van der Waals surface area contributed by atoms with Crippen molar-refractivity contribution in [2.24, 2.45) is 5.92 Å². The first-order chi connectivity index (χ1) is 14.2. The molecule has 2 aliphatic rings. The summed E-state index contributed by atoms with van der Waals surface area (Å²) in [6.07, 6.45) is 9.47. The molecule has 4 nitrogen and oxygen atoms in total. The van der Waals surface area contributed by atoms with E-state index in [4.69, 9.17) is 0 Å². The molecule has 2 fully saturated rings. The Morgan fingerprint density at radius 2 is 1.93 bits per heavy atom. The number of benzene rings is 1. The highest BCUT2D eigenvalue weighted by atomic mass is 19.1. The van der Waals surface area contributed by atoms with Crippen molar-refractivity contribution in [3.05, 3.63) is 59.5 Å². The average molecular weight is 396 g/mol. The molecule has 0 radical (unpaired) electrons. The highest BCUT2D eigenvalue weighted by Gasteiger charge is 2.22. The summed E-state index contributed by atoms with van der Waals surface area (Å²) < 4.78 is 13.4. The largest absolute Gasteiger partial charge is 0.356 e. The molecule has 4 rings (SSSR count). The Balaban J connectivity index is 1.33. The molecular weight excluding hydrogens is 365 g/mol. The third-order valence-corrected chi connectivity index (χ3v) is 6.21. The number of piperidine rings is 2. The van der Waals surface area contributed by atoms with Gasteiger partial charge >= 0.3 is 0 Å². The van der Waals surface area contributed by atoms with Crippen LogP contribution in [0.3, 0.4) is 0 Å². The Morgan fingerprint density at radius 1 is 1.07 bits per heavy atom. The van der Waals surface area contributed by atoms with Crippen LogP contribution in [0.25, 0.3) is 0 Å². The number of hydrogen-bond acceptors (Lipinski definition) is 3. The van der Waals surface area contributed by atoms with Gasteiger partial charge in [0, 0.05) is 32.4 Å². The molecule has 2 aliphatic heterocycles. The van der Waals surface area contributed by atoms with Crippen molar-refractivity contribution in [2.75, 3.05) is 31.1 Å². The fourth-order valence-electron chi connectivity index (χ4n) is 4.55. The number of likely N-dealkylation sites (tertiary alicyclic amines) is 1. The fraction of sp³-hybridized carbons (Fsp3) is 0.500. The number of pyridine rings is 1. The summed E-state index contributed by atoms with van der Waals surface area (Å²) in [6, 6.07) is 10.8. The van der Waals surface area contributed by atoms with Crippen molar-refractivity contribution in [1.29, 1.82) is 0 Å². The Kier molecular flexibility index (Phi) is 6.43. The topological polar surface area (TPSA) is 36.4 Å². The molecule has 154 valence electrons. The number of amides is 1. The first-order valence-electron chi connectivity index (χ1n) is 10.9. The Morgan fingerprint density at radius 3 is 2.69 bits per heavy atom. The molecule has 3 heterocycles. The molecule has 1 aromatic carbocycles. The average Bonchev–Trinajstić information content (AvgIpc) is 2.78. The van der Waals surface area contributed by atoms with E-state index in [-0.39, 0.29) is 11.7 Å². The van der Waals surface area contributed by atoms with E-state index < -0.39 is 0 Å². The van der Waals surface area contributed by atoms with E-state index in [2.05, 4.69) is 9.88 Å². The molecule has 5 heteroatoms. The van der Waals surface area contributed by atoms with E-state index in [9.17, 15) is 9.18 Å². The molecule has 2 aromatic rings. The number of aromatic nitrogens is 1. The number of carbonyl (C=O) groups is 1. The van der Waals surface area contributed by atoms with Crippen LogP contribution in [0.15, 0.2) is 42.6 Å². The monoisotopic (exact) mass is 395 g/mol. The lowest BCUT2D eigenvalue weighted by Gasteiger charge is -2.34. The maximum Gasteiger partial charge on any atom is 0.255 e. The predicted molar refractivity (Wildman–Crippen MR) is 114 cm³/mol. The van der Waals surface area contributed by atoms with Gasteiger partial charge in [0.05, 0.1) is 5.56 Å². The first-order valence-corrected chi connectivity index (χ1v) is 10.9. The number of aryl methyl sites for hydroxylation is 1. The summed E-state index contributed by atoms with van der Waals surface area (Å²) in [5.41, 5.74) is 1.76. The Labute approximate surface area is 172 Å². The summed E-state index contributed by atoms with van der Waals surface area (Å²) in [7, 11) is 0. The number of rotatable bonds is 5. The van der Waals surface area contributed by atoms with Crippen LogP contribution in [0, 0.1) is 11.7 Å². The van der Waals surface area contributed by atoms with Gasteiger partial charge < -0.3 is 9.80 Å². The van der Waals surface area contributed by atoms with Crippen molar-refractivity contribution in [3.63, 3.8) is 0 Å². The minimum absolute atomic E-state index is 0.107. The zero-order valence-electron chi connectivity index (χ0n) is 17.0. The molecule has 1 aromatic heterocycles. The number of hydrogen-bond donors (Lipinski definition) is 0. The maximum atomic E-state index is 13.4.